The molecule has 33 heavy (non-hydrogen) atoms. The number of Topliss-reactive ketones (excluding diaryl/α,β-unsaturated/α-hetero) is 1. The van der Waals surface area contributed by atoms with E-state index in [1.54, 1.807) is 29.2 Å². The standard InChI is InChI=1S/C26H30N2O5/c1-2-15-33-21-10-6-9-20(18-21)23-22(24(29)19-7-4-3-5-8-19)25(30)26(31)28(23)12-11-27-13-16-32-17-14-27/h3-10,18,23,29H,2,11-17H2,1H3/b24-22+/t23-/m1/s1. The lowest BCUT2D eigenvalue weighted by Gasteiger charge is -2.31. The Kier molecular flexibility index (Phi) is 7.42. The highest BCUT2D eigenvalue weighted by atomic mass is 16.5. The Hall–Kier alpha value is -3.16. The molecule has 2 aromatic rings. The Morgan fingerprint density at radius 3 is 2.55 bits per heavy atom. The maximum absolute atomic E-state index is 13.1. The summed E-state index contributed by atoms with van der Waals surface area (Å²) < 4.78 is 11.2. The van der Waals surface area contributed by atoms with Gasteiger partial charge in [-0.05, 0) is 24.1 Å². The van der Waals surface area contributed by atoms with Gasteiger partial charge >= 0.3 is 0 Å². The number of likely N-dealkylation sites (tertiary alicyclic amines) is 1. The van der Waals surface area contributed by atoms with Crippen LogP contribution in [-0.2, 0) is 14.3 Å². The quantitative estimate of drug-likeness (QED) is 0.378. The number of aliphatic hydroxyl groups excluding tert-OH is 1. The van der Waals surface area contributed by atoms with Crippen molar-refractivity contribution in [3.05, 3.63) is 71.3 Å². The lowest BCUT2D eigenvalue weighted by Crippen LogP contribution is -2.42. The van der Waals surface area contributed by atoms with Crippen LogP contribution in [0.2, 0.25) is 0 Å². The van der Waals surface area contributed by atoms with Crippen molar-refractivity contribution in [2.75, 3.05) is 46.0 Å². The molecule has 174 valence electrons. The predicted octanol–water partition coefficient (Wildman–Crippen LogP) is 3.23. The third-order valence-electron chi connectivity index (χ3n) is 5.99. The molecule has 0 spiro atoms. The van der Waals surface area contributed by atoms with Crippen molar-refractivity contribution in [1.82, 2.24) is 9.80 Å². The average Bonchev–Trinajstić information content (AvgIpc) is 3.12. The highest BCUT2D eigenvalue weighted by Crippen LogP contribution is 2.40. The van der Waals surface area contributed by atoms with Gasteiger partial charge < -0.3 is 19.5 Å². The Bertz CT molecular complexity index is 1010. The van der Waals surface area contributed by atoms with Crippen LogP contribution in [0.1, 0.15) is 30.5 Å². The van der Waals surface area contributed by atoms with Crippen LogP contribution in [0.4, 0.5) is 0 Å². The number of carbonyl (C=O) groups excluding carboxylic acids is 2. The molecule has 4 rings (SSSR count). The van der Waals surface area contributed by atoms with Crippen LogP contribution in [0.25, 0.3) is 5.76 Å². The summed E-state index contributed by atoms with van der Waals surface area (Å²) in [4.78, 5) is 30.1. The molecule has 1 N–H and O–H groups in total. The van der Waals surface area contributed by atoms with Crippen LogP contribution < -0.4 is 4.74 Å². The molecular weight excluding hydrogens is 420 g/mol. The van der Waals surface area contributed by atoms with E-state index in [0.29, 0.717) is 44.2 Å². The van der Waals surface area contributed by atoms with E-state index in [-0.39, 0.29) is 11.3 Å². The van der Waals surface area contributed by atoms with Crippen molar-refractivity contribution < 1.29 is 24.2 Å². The smallest absolute Gasteiger partial charge is 0.295 e. The zero-order valence-corrected chi connectivity index (χ0v) is 18.9. The fourth-order valence-corrected chi connectivity index (χ4v) is 4.28. The van der Waals surface area contributed by atoms with Gasteiger partial charge in [-0.3, -0.25) is 14.5 Å². The molecule has 1 atom stereocenters. The largest absolute Gasteiger partial charge is 0.507 e. The number of hydrogen-bond acceptors (Lipinski definition) is 6. The molecular formula is C26H30N2O5. The van der Waals surface area contributed by atoms with Gasteiger partial charge in [-0.25, -0.2) is 0 Å². The topological polar surface area (TPSA) is 79.3 Å². The maximum Gasteiger partial charge on any atom is 0.295 e. The minimum Gasteiger partial charge on any atom is -0.507 e. The van der Waals surface area contributed by atoms with E-state index in [1.165, 1.54) is 0 Å². The van der Waals surface area contributed by atoms with E-state index in [1.807, 2.05) is 37.3 Å². The van der Waals surface area contributed by atoms with Gasteiger partial charge in [-0.15, -0.1) is 0 Å². The van der Waals surface area contributed by atoms with Gasteiger partial charge in [0.2, 0.25) is 0 Å². The molecule has 1 amide bonds. The first-order chi connectivity index (χ1) is 16.1. The van der Waals surface area contributed by atoms with E-state index in [2.05, 4.69) is 4.90 Å². The predicted molar refractivity (Wildman–Crippen MR) is 125 cm³/mol. The van der Waals surface area contributed by atoms with E-state index in [0.717, 1.165) is 25.1 Å². The molecule has 2 fully saturated rings. The van der Waals surface area contributed by atoms with Crippen molar-refractivity contribution in [3.8, 4) is 5.75 Å². The molecule has 2 heterocycles. The minimum atomic E-state index is -0.684. The SMILES string of the molecule is CCCOc1cccc([C@@H]2/C(=C(\O)c3ccccc3)C(=O)C(=O)N2CCN2CCOCC2)c1. The van der Waals surface area contributed by atoms with Crippen molar-refractivity contribution in [3.63, 3.8) is 0 Å². The van der Waals surface area contributed by atoms with E-state index in [9.17, 15) is 14.7 Å². The monoisotopic (exact) mass is 450 g/mol. The van der Waals surface area contributed by atoms with Gasteiger partial charge in [0, 0.05) is 31.7 Å². The molecule has 0 unspecified atom stereocenters. The molecule has 0 bridgehead atoms. The van der Waals surface area contributed by atoms with Crippen LogP contribution in [0.3, 0.4) is 0 Å². The third-order valence-corrected chi connectivity index (χ3v) is 5.99. The molecule has 0 saturated carbocycles. The number of amides is 1. The molecule has 2 aliphatic rings. The van der Waals surface area contributed by atoms with Gasteiger partial charge in [-0.2, -0.15) is 0 Å². The van der Waals surface area contributed by atoms with Gasteiger partial charge in [-0.1, -0.05) is 49.4 Å². The first-order valence-corrected chi connectivity index (χ1v) is 11.5. The Morgan fingerprint density at radius 2 is 1.82 bits per heavy atom. The number of benzene rings is 2. The fraction of sp³-hybridized carbons (Fsp3) is 0.385. The minimum absolute atomic E-state index is 0.112. The Balaban J connectivity index is 1.72. The summed E-state index contributed by atoms with van der Waals surface area (Å²) in [6.07, 6.45) is 0.871. The normalized spacial score (nSPS) is 20.9. The first-order valence-electron chi connectivity index (χ1n) is 11.5. The summed E-state index contributed by atoms with van der Waals surface area (Å²) in [7, 11) is 0. The summed E-state index contributed by atoms with van der Waals surface area (Å²) in [5, 5.41) is 11.1. The molecule has 2 aromatic carbocycles. The number of aliphatic hydroxyl groups is 1. The number of hydrogen-bond donors (Lipinski definition) is 1. The number of nitrogens with zero attached hydrogens (tertiary/aromatic N) is 2. The number of ketones is 1. The number of morpholine rings is 1. The highest BCUT2D eigenvalue weighted by Gasteiger charge is 2.46. The zero-order chi connectivity index (χ0) is 23.2. The number of ether oxygens (including phenoxy) is 2. The average molecular weight is 451 g/mol. The van der Waals surface area contributed by atoms with Crippen molar-refractivity contribution in [2.45, 2.75) is 19.4 Å². The zero-order valence-electron chi connectivity index (χ0n) is 18.9. The summed E-state index contributed by atoms with van der Waals surface area (Å²) in [5.41, 5.74) is 1.36. The second-order valence-corrected chi connectivity index (χ2v) is 8.23. The lowest BCUT2D eigenvalue weighted by atomic mass is 9.95. The molecule has 0 aromatic heterocycles. The molecule has 2 saturated heterocycles. The molecule has 2 aliphatic heterocycles. The Labute approximate surface area is 194 Å². The van der Waals surface area contributed by atoms with Crippen molar-refractivity contribution in [2.24, 2.45) is 0 Å². The molecule has 0 aliphatic carbocycles. The fourth-order valence-electron chi connectivity index (χ4n) is 4.28. The molecule has 7 heteroatoms. The molecule has 7 nitrogen and oxygen atoms in total. The summed E-state index contributed by atoms with van der Waals surface area (Å²) >= 11 is 0. The highest BCUT2D eigenvalue weighted by molar-refractivity contribution is 6.46. The summed E-state index contributed by atoms with van der Waals surface area (Å²) in [6, 6.07) is 15.6. The number of rotatable bonds is 8. The van der Waals surface area contributed by atoms with Gasteiger partial charge in [0.15, 0.2) is 0 Å². The molecule has 0 radical (unpaired) electrons. The third kappa shape index (κ3) is 5.10. The van der Waals surface area contributed by atoms with Crippen molar-refractivity contribution >= 4 is 17.4 Å². The number of carbonyl (C=O) groups is 2. The first kappa shape index (κ1) is 23.0. The van der Waals surface area contributed by atoms with Crippen LogP contribution in [0.15, 0.2) is 60.2 Å². The van der Waals surface area contributed by atoms with Crippen LogP contribution in [0, 0.1) is 0 Å². The maximum atomic E-state index is 13.1. The van der Waals surface area contributed by atoms with Gasteiger partial charge in [0.05, 0.1) is 31.4 Å². The second-order valence-electron chi connectivity index (χ2n) is 8.23. The summed E-state index contributed by atoms with van der Waals surface area (Å²) in [5.74, 6) is -0.741. The van der Waals surface area contributed by atoms with Gasteiger partial charge in [0.1, 0.15) is 11.5 Å². The van der Waals surface area contributed by atoms with Crippen LogP contribution in [-0.4, -0.2) is 72.6 Å². The van der Waals surface area contributed by atoms with E-state index >= 15 is 0 Å². The summed E-state index contributed by atoms with van der Waals surface area (Å²) in [6.45, 7) is 6.51. The lowest BCUT2D eigenvalue weighted by molar-refractivity contribution is -0.140. The van der Waals surface area contributed by atoms with Crippen molar-refractivity contribution in [1.29, 1.82) is 0 Å². The van der Waals surface area contributed by atoms with Crippen LogP contribution >= 0.6 is 0 Å². The Morgan fingerprint density at radius 1 is 1.06 bits per heavy atom. The van der Waals surface area contributed by atoms with E-state index in [4.69, 9.17) is 9.47 Å². The van der Waals surface area contributed by atoms with Gasteiger partial charge in [0.25, 0.3) is 11.7 Å². The van der Waals surface area contributed by atoms with E-state index < -0.39 is 17.7 Å². The van der Waals surface area contributed by atoms with Crippen LogP contribution in [0.5, 0.6) is 5.75 Å². The second kappa shape index (κ2) is 10.6.